The number of phenols is 3. The van der Waals surface area contributed by atoms with Gasteiger partial charge in [0.25, 0.3) is 0 Å². The van der Waals surface area contributed by atoms with E-state index in [1.165, 1.54) is 13.0 Å². The molecule has 2 aromatic carbocycles. The Bertz CT molecular complexity index is 1540. The lowest BCUT2D eigenvalue weighted by Gasteiger charge is -2.45. The maximum Gasteiger partial charge on any atom is 0.238 e. The molecule has 0 unspecified atom stereocenters. The first kappa shape index (κ1) is 30.7. The van der Waals surface area contributed by atoms with Gasteiger partial charge in [0.15, 0.2) is 23.5 Å². The summed E-state index contributed by atoms with van der Waals surface area (Å²) in [7, 11) is 0. The number of hydrogen-bond acceptors (Lipinski definition) is 16. The Labute approximate surface area is 241 Å². The number of aliphatic hydroxyl groups is 6. The predicted molar refractivity (Wildman–Crippen MR) is 140 cm³/mol. The molecule has 0 aliphatic carbocycles. The smallest absolute Gasteiger partial charge is 0.238 e. The highest BCUT2D eigenvalue weighted by Crippen LogP contribution is 2.39. The SMILES string of the molecule is C[C@@H]1O[C@@H](O[C@@H]2[C@@H](O)[C@H](Oc3cc(O)c4c(=O)c(O)c(-c5ccc(O)c(O)c5)oc4c3)O[C@H](CO)[C@H]2O)[C@H](O)[C@H](O)[C@H]1O. The molecule has 2 fully saturated rings. The van der Waals surface area contributed by atoms with E-state index in [1.807, 2.05) is 0 Å². The molecule has 0 amide bonds. The molecule has 16 heteroatoms. The van der Waals surface area contributed by atoms with Gasteiger partial charge in [0, 0.05) is 17.7 Å². The van der Waals surface area contributed by atoms with Crippen LogP contribution in [0.5, 0.6) is 28.7 Å². The molecule has 0 bridgehead atoms. The molecule has 5 rings (SSSR count). The number of benzene rings is 2. The summed E-state index contributed by atoms with van der Waals surface area (Å²) in [4.78, 5) is 12.9. The number of rotatable bonds is 6. The van der Waals surface area contributed by atoms with Crippen molar-refractivity contribution in [1.82, 2.24) is 0 Å². The molecule has 16 nitrogen and oxygen atoms in total. The van der Waals surface area contributed by atoms with Gasteiger partial charge in [-0.1, -0.05) is 0 Å². The van der Waals surface area contributed by atoms with Crippen molar-refractivity contribution in [3.63, 3.8) is 0 Å². The Morgan fingerprint density at radius 1 is 0.791 bits per heavy atom. The van der Waals surface area contributed by atoms with Crippen LogP contribution >= 0.6 is 0 Å². The van der Waals surface area contributed by atoms with Crippen LogP contribution < -0.4 is 10.2 Å². The average molecular weight is 611 g/mol. The standard InChI is InChI=1S/C27H30O16/c1-8-17(32)20(35)22(37)26(39-8)43-25-18(33)15(7-28)42-27(23(25)38)40-10-5-13(31)16-14(6-10)41-24(21(36)19(16)34)9-2-3-11(29)12(30)4-9/h2-6,8,15,17-18,20,22-23,25-33,35-38H,7H2,1H3/t8-,15+,17-,18+,20+,22+,23+,25-,26-,27+/m0/s1. The topological polar surface area (TPSA) is 269 Å². The van der Waals surface area contributed by atoms with E-state index in [1.54, 1.807) is 0 Å². The van der Waals surface area contributed by atoms with E-state index < -0.39 is 108 Å². The summed E-state index contributed by atoms with van der Waals surface area (Å²) < 4.78 is 27.7. The molecular formula is C27H30O16. The molecule has 3 aromatic rings. The summed E-state index contributed by atoms with van der Waals surface area (Å²) in [6, 6.07) is 5.43. The van der Waals surface area contributed by atoms with Crippen molar-refractivity contribution in [2.24, 2.45) is 0 Å². The maximum absolute atomic E-state index is 12.9. The first-order valence-corrected chi connectivity index (χ1v) is 13.0. The van der Waals surface area contributed by atoms with Crippen molar-refractivity contribution in [1.29, 1.82) is 0 Å². The fourth-order valence-electron chi connectivity index (χ4n) is 4.92. The maximum atomic E-state index is 12.9. The fraction of sp³-hybridized carbons (Fsp3) is 0.444. The lowest BCUT2D eigenvalue weighted by molar-refractivity contribution is -0.349. The van der Waals surface area contributed by atoms with E-state index in [0.29, 0.717) is 0 Å². The molecular weight excluding hydrogens is 580 g/mol. The van der Waals surface area contributed by atoms with Gasteiger partial charge in [0.2, 0.25) is 17.5 Å². The monoisotopic (exact) mass is 610 g/mol. The Balaban J connectivity index is 1.46. The molecule has 43 heavy (non-hydrogen) atoms. The third-order valence-electron chi connectivity index (χ3n) is 7.34. The molecule has 3 heterocycles. The number of aliphatic hydroxyl groups excluding tert-OH is 6. The number of fused-ring (bicyclic) bond motifs is 1. The molecule has 2 saturated heterocycles. The lowest BCUT2D eigenvalue weighted by Crippen LogP contribution is -2.64. The zero-order valence-electron chi connectivity index (χ0n) is 22.3. The van der Waals surface area contributed by atoms with Gasteiger partial charge < -0.3 is 74.4 Å². The molecule has 234 valence electrons. The minimum Gasteiger partial charge on any atom is -0.507 e. The zero-order chi connectivity index (χ0) is 31.3. The molecule has 10 atom stereocenters. The normalized spacial score (nSPS) is 33.0. The molecule has 0 spiro atoms. The van der Waals surface area contributed by atoms with E-state index in [9.17, 15) is 55.9 Å². The summed E-state index contributed by atoms with van der Waals surface area (Å²) in [6.45, 7) is 0.620. The van der Waals surface area contributed by atoms with E-state index in [-0.39, 0.29) is 16.9 Å². The molecule has 0 radical (unpaired) electrons. The molecule has 2 aliphatic heterocycles. The van der Waals surface area contributed by atoms with E-state index in [4.69, 9.17) is 23.4 Å². The molecule has 10 N–H and O–H groups in total. The third-order valence-corrected chi connectivity index (χ3v) is 7.34. The van der Waals surface area contributed by atoms with Crippen molar-refractivity contribution >= 4 is 11.0 Å². The van der Waals surface area contributed by atoms with Gasteiger partial charge in [0.05, 0.1) is 12.7 Å². The second-order valence-electron chi connectivity index (χ2n) is 10.2. The van der Waals surface area contributed by atoms with Gasteiger partial charge in [0.1, 0.15) is 65.2 Å². The van der Waals surface area contributed by atoms with Crippen molar-refractivity contribution in [3.8, 4) is 40.1 Å². The van der Waals surface area contributed by atoms with Crippen LogP contribution in [0.4, 0.5) is 0 Å². The summed E-state index contributed by atoms with van der Waals surface area (Å²) in [5.41, 5.74) is -1.34. The van der Waals surface area contributed by atoms with Gasteiger partial charge in [-0.05, 0) is 25.1 Å². The Morgan fingerprint density at radius 3 is 2.19 bits per heavy atom. The summed E-state index contributed by atoms with van der Waals surface area (Å²) in [6.07, 6.45) is -15.8. The van der Waals surface area contributed by atoms with Crippen LogP contribution in [0.2, 0.25) is 0 Å². The predicted octanol–water partition coefficient (Wildman–Crippen LogP) is -1.69. The van der Waals surface area contributed by atoms with Crippen LogP contribution in [0.15, 0.2) is 39.5 Å². The minimum atomic E-state index is -1.84. The van der Waals surface area contributed by atoms with Gasteiger partial charge >= 0.3 is 0 Å². The zero-order valence-corrected chi connectivity index (χ0v) is 22.3. The summed E-state index contributed by atoms with van der Waals surface area (Å²) >= 11 is 0. The molecule has 1 aromatic heterocycles. The number of ether oxygens (including phenoxy) is 4. The first-order chi connectivity index (χ1) is 20.3. The Hall–Kier alpha value is -3.71. The minimum absolute atomic E-state index is 0.00230. The average Bonchev–Trinajstić information content (AvgIpc) is 2.97. The number of hydrogen-bond donors (Lipinski definition) is 10. The quantitative estimate of drug-likeness (QED) is 0.140. The largest absolute Gasteiger partial charge is 0.507 e. The van der Waals surface area contributed by atoms with Crippen molar-refractivity contribution in [3.05, 3.63) is 40.6 Å². The Kier molecular flexibility index (Phi) is 8.41. The second-order valence-corrected chi connectivity index (χ2v) is 10.2. The van der Waals surface area contributed by atoms with Crippen molar-refractivity contribution in [2.75, 3.05) is 6.61 Å². The number of aromatic hydroxyl groups is 4. The second kappa shape index (κ2) is 11.8. The van der Waals surface area contributed by atoms with Crippen LogP contribution in [-0.4, -0.2) is 119 Å². The third kappa shape index (κ3) is 5.55. The van der Waals surface area contributed by atoms with Crippen molar-refractivity contribution < 1.29 is 74.4 Å². The number of phenolic OH excluding ortho intramolecular Hbond substituents is 3. The summed E-state index contributed by atoms with van der Waals surface area (Å²) in [5, 5.41) is 102. The lowest BCUT2D eigenvalue weighted by atomic mass is 9.97. The van der Waals surface area contributed by atoms with E-state index in [2.05, 4.69) is 0 Å². The summed E-state index contributed by atoms with van der Waals surface area (Å²) in [5.74, 6) is -3.29. The highest BCUT2D eigenvalue weighted by Gasteiger charge is 2.50. The van der Waals surface area contributed by atoms with Gasteiger partial charge in [-0.2, -0.15) is 0 Å². The highest BCUT2D eigenvalue weighted by atomic mass is 16.7. The van der Waals surface area contributed by atoms with Crippen LogP contribution in [0.3, 0.4) is 0 Å². The van der Waals surface area contributed by atoms with Crippen molar-refractivity contribution in [2.45, 2.75) is 68.3 Å². The van der Waals surface area contributed by atoms with Crippen LogP contribution in [0, 0.1) is 0 Å². The van der Waals surface area contributed by atoms with E-state index in [0.717, 1.165) is 24.3 Å². The molecule has 2 aliphatic rings. The highest BCUT2D eigenvalue weighted by molar-refractivity contribution is 5.88. The fourth-order valence-corrected chi connectivity index (χ4v) is 4.92. The van der Waals surface area contributed by atoms with Crippen LogP contribution in [0.25, 0.3) is 22.3 Å². The first-order valence-electron chi connectivity index (χ1n) is 13.0. The van der Waals surface area contributed by atoms with Gasteiger partial charge in [-0.3, -0.25) is 4.79 Å². The van der Waals surface area contributed by atoms with Crippen LogP contribution in [0.1, 0.15) is 6.92 Å². The van der Waals surface area contributed by atoms with Gasteiger partial charge in [-0.15, -0.1) is 0 Å². The van der Waals surface area contributed by atoms with E-state index >= 15 is 0 Å². The van der Waals surface area contributed by atoms with Crippen LogP contribution in [-0.2, 0) is 14.2 Å². The molecule has 0 saturated carbocycles. The Morgan fingerprint density at radius 2 is 1.51 bits per heavy atom. The van der Waals surface area contributed by atoms with Gasteiger partial charge in [-0.25, -0.2) is 0 Å².